The van der Waals surface area contributed by atoms with E-state index in [2.05, 4.69) is 15.3 Å². The van der Waals surface area contributed by atoms with E-state index in [1.807, 2.05) is 24.3 Å². The third-order valence-corrected chi connectivity index (χ3v) is 3.88. The van der Waals surface area contributed by atoms with Crippen LogP contribution < -0.4 is 5.32 Å². The van der Waals surface area contributed by atoms with E-state index in [0.717, 1.165) is 10.4 Å². The zero-order valence-corrected chi connectivity index (χ0v) is 11.8. The third-order valence-electron chi connectivity index (χ3n) is 3.08. The van der Waals surface area contributed by atoms with Gasteiger partial charge in [0.1, 0.15) is 5.69 Å². The molecule has 3 aromatic rings. The zero-order chi connectivity index (χ0) is 14.7. The summed E-state index contributed by atoms with van der Waals surface area (Å²) in [5.41, 5.74) is 3.54. The first-order valence-corrected chi connectivity index (χ1v) is 7.28. The first-order valence-electron chi connectivity index (χ1n) is 6.40. The number of rotatable bonds is 5. The van der Waals surface area contributed by atoms with Crippen molar-refractivity contribution in [3.05, 3.63) is 57.8 Å². The summed E-state index contributed by atoms with van der Waals surface area (Å²) in [4.78, 5) is 19.2. The molecule has 0 unspecified atom stereocenters. The molecule has 3 rings (SSSR count). The third kappa shape index (κ3) is 2.82. The molecule has 0 aliphatic carbocycles. The van der Waals surface area contributed by atoms with Crippen molar-refractivity contribution in [3.8, 4) is 0 Å². The molecule has 1 aromatic carbocycles. The monoisotopic (exact) mass is 300 g/mol. The van der Waals surface area contributed by atoms with Crippen LogP contribution in [0.4, 0.5) is 11.4 Å². The molecule has 0 radical (unpaired) electrons. The number of anilines is 1. The number of nitro groups is 1. The molecule has 1 N–H and O–H groups in total. The van der Waals surface area contributed by atoms with Crippen molar-refractivity contribution in [2.45, 2.75) is 6.42 Å². The standard InChI is InChI=1S/C14H12N4O2S/c19-18(20)14-11(4-5-12-13(14)17-9-21-12)16-8-6-10-3-1-2-7-15-10/h1-5,7,9,16H,6,8H2. The predicted octanol–water partition coefficient (Wildman–Crippen LogP) is 3.25. The number of nitrogens with one attached hydrogen (secondary N) is 1. The Morgan fingerprint density at radius 2 is 2.14 bits per heavy atom. The number of nitrogens with zero attached hydrogens (tertiary/aromatic N) is 3. The van der Waals surface area contributed by atoms with Crippen molar-refractivity contribution in [1.82, 2.24) is 9.97 Å². The Kier molecular flexibility index (Phi) is 3.74. The minimum atomic E-state index is -0.384. The lowest BCUT2D eigenvalue weighted by Gasteiger charge is -2.07. The summed E-state index contributed by atoms with van der Waals surface area (Å²) in [6, 6.07) is 9.30. The number of thiazole rings is 1. The fraction of sp³-hybridized carbons (Fsp3) is 0.143. The van der Waals surface area contributed by atoms with Gasteiger partial charge in [0.05, 0.1) is 15.1 Å². The summed E-state index contributed by atoms with van der Waals surface area (Å²) in [6.45, 7) is 0.577. The lowest BCUT2D eigenvalue weighted by Crippen LogP contribution is -2.07. The smallest absolute Gasteiger partial charge is 0.319 e. The van der Waals surface area contributed by atoms with E-state index in [1.165, 1.54) is 11.3 Å². The number of hydrogen-bond acceptors (Lipinski definition) is 6. The van der Waals surface area contributed by atoms with Crippen LogP contribution >= 0.6 is 11.3 Å². The lowest BCUT2D eigenvalue weighted by atomic mass is 10.2. The van der Waals surface area contributed by atoms with Crippen molar-refractivity contribution in [3.63, 3.8) is 0 Å². The van der Waals surface area contributed by atoms with Crippen LogP contribution in [0, 0.1) is 10.1 Å². The first-order chi connectivity index (χ1) is 10.3. The van der Waals surface area contributed by atoms with E-state index in [4.69, 9.17) is 0 Å². The molecule has 0 aliphatic rings. The number of aromatic nitrogens is 2. The summed E-state index contributed by atoms with van der Waals surface area (Å²) in [5.74, 6) is 0. The molecule has 0 bridgehead atoms. The number of fused-ring (bicyclic) bond motifs is 1. The molecule has 7 heteroatoms. The number of nitro benzene ring substituents is 1. The Morgan fingerprint density at radius 1 is 1.24 bits per heavy atom. The molecule has 6 nitrogen and oxygen atoms in total. The van der Waals surface area contributed by atoms with Gasteiger partial charge in [0.15, 0.2) is 5.52 Å². The Balaban J connectivity index is 1.80. The number of hydrogen-bond donors (Lipinski definition) is 1. The SMILES string of the molecule is O=[N+]([O-])c1c(NCCc2ccccn2)ccc2scnc12. The minimum Gasteiger partial charge on any atom is -0.379 e. The van der Waals surface area contributed by atoms with Gasteiger partial charge in [-0.1, -0.05) is 6.07 Å². The summed E-state index contributed by atoms with van der Waals surface area (Å²) < 4.78 is 0.817. The fourth-order valence-corrected chi connectivity index (χ4v) is 2.79. The Bertz CT molecular complexity index is 773. The molecule has 0 aliphatic heterocycles. The van der Waals surface area contributed by atoms with Crippen molar-refractivity contribution >= 4 is 32.9 Å². The Morgan fingerprint density at radius 3 is 2.90 bits per heavy atom. The molecule has 21 heavy (non-hydrogen) atoms. The maximum absolute atomic E-state index is 11.3. The van der Waals surface area contributed by atoms with Crippen LogP contribution in [0.1, 0.15) is 5.69 Å². The van der Waals surface area contributed by atoms with Crippen LogP contribution in [0.3, 0.4) is 0 Å². The average molecular weight is 300 g/mol. The topological polar surface area (TPSA) is 81.0 Å². The first kappa shape index (κ1) is 13.4. The van der Waals surface area contributed by atoms with Gasteiger partial charge in [0, 0.05) is 24.9 Å². The Labute approximate surface area is 124 Å². The van der Waals surface area contributed by atoms with Crippen LogP contribution in [0.15, 0.2) is 42.0 Å². The van der Waals surface area contributed by atoms with Gasteiger partial charge in [-0.15, -0.1) is 11.3 Å². The van der Waals surface area contributed by atoms with Gasteiger partial charge in [-0.3, -0.25) is 15.1 Å². The van der Waals surface area contributed by atoms with Gasteiger partial charge in [-0.2, -0.15) is 0 Å². The molecule has 0 saturated carbocycles. The fourth-order valence-electron chi connectivity index (χ4n) is 2.12. The molecular weight excluding hydrogens is 288 g/mol. The zero-order valence-electron chi connectivity index (χ0n) is 11.0. The van der Waals surface area contributed by atoms with Crippen molar-refractivity contribution in [2.24, 2.45) is 0 Å². The molecule has 2 heterocycles. The second-order valence-corrected chi connectivity index (χ2v) is 5.30. The van der Waals surface area contributed by atoms with E-state index in [-0.39, 0.29) is 10.6 Å². The minimum absolute atomic E-state index is 0.0368. The van der Waals surface area contributed by atoms with Crippen LogP contribution in [0.5, 0.6) is 0 Å². The van der Waals surface area contributed by atoms with E-state index < -0.39 is 0 Å². The normalized spacial score (nSPS) is 10.7. The predicted molar refractivity (Wildman–Crippen MR) is 82.7 cm³/mol. The average Bonchev–Trinajstić information content (AvgIpc) is 2.96. The van der Waals surface area contributed by atoms with E-state index in [0.29, 0.717) is 24.2 Å². The highest BCUT2D eigenvalue weighted by molar-refractivity contribution is 7.16. The molecule has 0 fully saturated rings. The van der Waals surface area contributed by atoms with Crippen molar-refractivity contribution < 1.29 is 4.92 Å². The van der Waals surface area contributed by atoms with E-state index >= 15 is 0 Å². The van der Waals surface area contributed by atoms with E-state index in [9.17, 15) is 10.1 Å². The summed E-state index contributed by atoms with van der Waals surface area (Å²) in [6.07, 6.45) is 2.44. The van der Waals surface area contributed by atoms with Gasteiger partial charge in [0.25, 0.3) is 0 Å². The molecule has 0 saturated heterocycles. The highest BCUT2D eigenvalue weighted by Gasteiger charge is 2.20. The highest BCUT2D eigenvalue weighted by Crippen LogP contribution is 2.34. The maximum atomic E-state index is 11.3. The molecule has 0 spiro atoms. The van der Waals surface area contributed by atoms with Gasteiger partial charge < -0.3 is 5.32 Å². The van der Waals surface area contributed by atoms with E-state index in [1.54, 1.807) is 17.8 Å². The molecular formula is C14H12N4O2S. The summed E-state index contributed by atoms with van der Waals surface area (Å²) >= 11 is 1.39. The molecule has 106 valence electrons. The van der Waals surface area contributed by atoms with Crippen molar-refractivity contribution in [2.75, 3.05) is 11.9 Å². The lowest BCUT2D eigenvalue weighted by molar-refractivity contribution is -0.382. The van der Waals surface area contributed by atoms with Crippen LogP contribution in [-0.4, -0.2) is 21.4 Å². The number of benzene rings is 1. The Hall–Kier alpha value is -2.54. The second kappa shape index (κ2) is 5.84. The quantitative estimate of drug-likeness (QED) is 0.578. The van der Waals surface area contributed by atoms with Gasteiger partial charge in [-0.05, 0) is 24.3 Å². The van der Waals surface area contributed by atoms with Crippen LogP contribution in [-0.2, 0) is 6.42 Å². The summed E-state index contributed by atoms with van der Waals surface area (Å²) in [7, 11) is 0. The highest BCUT2D eigenvalue weighted by atomic mass is 32.1. The van der Waals surface area contributed by atoms with Crippen molar-refractivity contribution in [1.29, 1.82) is 0 Å². The maximum Gasteiger partial charge on any atom is 0.319 e. The molecule has 0 amide bonds. The number of pyridine rings is 1. The van der Waals surface area contributed by atoms with Gasteiger partial charge >= 0.3 is 5.69 Å². The van der Waals surface area contributed by atoms with Gasteiger partial charge in [-0.25, -0.2) is 4.98 Å². The largest absolute Gasteiger partial charge is 0.379 e. The molecule has 0 atom stereocenters. The van der Waals surface area contributed by atoms with Crippen LogP contribution in [0.25, 0.3) is 10.2 Å². The van der Waals surface area contributed by atoms with Gasteiger partial charge in [0.2, 0.25) is 0 Å². The summed E-state index contributed by atoms with van der Waals surface area (Å²) in [5, 5.41) is 14.4. The second-order valence-electron chi connectivity index (χ2n) is 4.42. The van der Waals surface area contributed by atoms with Crippen LogP contribution in [0.2, 0.25) is 0 Å². The molecule has 2 aromatic heterocycles.